The topological polar surface area (TPSA) is 61.9 Å². The zero-order valence-corrected chi connectivity index (χ0v) is 12.3. The van der Waals surface area contributed by atoms with Crippen molar-refractivity contribution in [3.63, 3.8) is 0 Å². The second-order valence-corrected chi connectivity index (χ2v) is 6.45. The van der Waals surface area contributed by atoms with Crippen molar-refractivity contribution in [1.82, 2.24) is 9.80 Å². The summed E-state index contributed by atoms with van der Waals surface area (Å²) in [6.07, 6.45) is 8.08. The molecule has 2 aliphatic heterocycles. The Morgan fingerprint density at radius 1 is 1.20 bits per heavy atom. The van der Waals surface area contributed by atoms with Crippen LogP contribution in [0, 0.1) is 5.92 Å². The first-order chi connectivity index (χ1) is 9.74. The van der Waals surface area contributed by atoms with Crippen LogP contribution in [-0.4, -0.2) is 53.9 Å². The number of amides is 1. The van der Waals surface area contributed by atoms with Gasteiger partial charge in [0.25, 0.3) is 0 Å². The fourth-order valence-corrected chi connectivity index (χ4v) is 3.29. The number of nitrogens with zero attached hydrogens (tertiary/aromatic N) is 3. The lowest BCUT2D eigenvalue weighted by atomic mass is 10.1. The molecule has 0 bridgehead atoms. The van der Waals surface area contributed by atoms with Crippen molar-refractivity contribution in [3.05, 3.63) is 0 Å². The molecule has 0 aromatic rings. The number of likely N-dealkylation sites (tertiary alicyclic amines) is 2. The first-order valence-corrected chi connectivity index (χ1v) is 8.08. The molecule has 3 fully saturated rings. The molecule has 2 N–H and O–H groups in total. The van der Waals surface area contributed by atoms with Crippen molar-refractivity contribution >= 4 is 11.9 Å². The highest BCUT2D eigenvalue weighted by Crippen LogP contribution is 2.32. The molecule has 0 spiro atoms. The van der Waals surface area contributed by atoms with Gasteiger partial charge in [0.2, 0.25) is 5.91 Å². The van der Waals surface area contributed by atoms with E-state index in [4.69, 9.17) is 5.73 Å². The molecule has 1 aliphatic carbocycles. The predicted octanol–water partition coefficient (Wildman–Crippen LogP) is 1.19. The summed E-state index contributed by atoms with van der Waals surface area (Å²) in [5.74, 6) is 1.37. The Bertz CT molecular complexity index is 383. The summed E-state index contributed by atoms with van der Waals surface area (Å²) < 4.78 is 0. The third kappa shape index (κ3) is 3.25. The van der Waals surface area contributed by atoms with Crippen molar-refractivity contribution in [2.75, 3.05) is 26.2 Å². The lowest BCUT2D eigenvalue weighted by Crippen LogP contribution is -2.38. The SMILES string of the molecule is NC(=NCC1CC(=O)N(C2CC2)C1)N1CCCCCC1. The molecule has 1 saturated carbocycles. The van der Waals surface area contributed by atoms with Crippen molar-refractivity contribution in [3.8, 4) is 0 Å². The van der Waals surface area contributed by atoms with E-state index >= 15 is 0 Å². The molecule has 1 amide bonds. The quantitative estimate of drug-likeness (QED) is 0.623. The smallest absolute Gasteiger partial charge is 0.223 e. The van der Waals surface area contributed by atoms with Gasteiger partial charge in [-0.2, -0.15) is 0 Å². The average Bonchev–Trinajstić information content (AvgIpc) is 3.24. The molecule has 0 radical (unpaired) electrons. The predicted molar refractivity (Wildman–Crippen MR) is 79.4 cm³/mol. The summed E-state index contributed by atoms with van der Waals surface area (Å²) in [6.45, 7) is 3.66. The maximum atomic E-state index is 11.9. The van der Waals surface area contributed by atoms with E-state index in [2.05, 4.69) is 14.8 Å². The Morgan fingerprint density at radius 2 is 1.90 bits per heavy atom. The van der Waals surface area contributed by atoms with E-state index in [1.807, 2.05) is 0 Å². The first-order valence-electron chi connectivity index (χ1n) is 8.08. The number of nitrogens with two attached hydrogens (primary N) is 1. The number of guanidine groups is 1. The Morgan fingerprint density at radius 3 is 2.55 bits per heavy atom. The second kappa shape index (κ2) is 6.02. The third-order valence-electron chi connectivity index (χ3n) is 4.67. The molecule has 1 atom stereocenters. The minimum Gasteiger partial charge on any atom is -0.370 e. The van der Waals surface area contributed by atoms with Gasteiger partial charge in [0.15, 0.2) is 5.96 Å². The molecular formula is C15H26N4O. The molecule has 2 saturated heterocycles. The van der Waals surface area contributed by atoms with Gasteiger partial charge in [-0.3, -0.25) is 9.79 Å². The van der Waals surface area contributed by atoms with E-state index in [0.29, 0.717) is 36.8 Å². The molecule has 3 rings (SSSR count). The van der Waals surface area contributed by atoms with Crippen LogP contribution in [0.3, 0.4) is 0 Å². The summed E-state index contributed by atoms with van der Waals surface area (Å²) in [6, 6.07) is 0.541. The molecule has 3 aliphatic rings. The number of carbonyl (C=O) groups is 1. The van der Waals surface area contributed by atoms with Crippen LogP contribution in [0.25, 0.3) is 0 Å². The summed E-state index contributed by atoms with van der Waals surface area (Å²) in [5.41, 5.74) is 6.11. The third-order valence-corrected chi connectivity index (χ3v) is 4.67. The maximum Gasteiger partial charge on any atom is 0.223 e. The largest absolute Gasteiger partial charge is 0.370 e. The minimum atomic E-state index is 0.320. The minimum absolute atomic E-state index is 0.320. The highest BCUT2D eigenvalue weighted by molar-refractivity contribution is 5.80. The van der Waals surface area contributed by atoms with E-state index < -0.39 is 0 Å². The van der Waals surface area contributed by atoms with E-state index in [1.165, 1.54) is 38.5 Å². The van der Waals surface area contributed by atoms with Gasteiger partial charge in [-0.05, 0) is 25.7 Å². The van der Waals surface area contributed by atoms with Crippen molar-refractivity contribution in [1.29, 1.82) is 0 Å². The van der Waals surface area contributed by atoms with E-state index in [-0.39, 0.29) is 0 Å². The molecule has 20 heavy (non-hydrogen) atoms. The standard InChI is InChI=1S/C15H26N4O/c16-15(18-7-3-1-2-4-8-18)17-10-12-9-14(20)19(11-12)13-5-6-13/h12-13H,1-11H2,(H2,16,17). The van der Waals surface area contributed by atoms with Crippen molar-refractivity contribution < 1.29 is 4.79 Å². The van der Waals surface area contributed by atoms with Crippen LogP contribution >= 0.6 is 0 Å². The van der Waals surface area contributed by atoms with Crippen LogP contribution < -0.4 is 5.73 Å². The Kier molecular flexibility index (Phi) is 4.13. The second-order valence-electron chi connectivity index (χ2n) is 6.45. The number of hydrogen-bond donors (Lipinski definition) is 1. The van der Waals surface area contributed by atoms with Gasteiger partial charge in [-0.25, -0.2) is 0 Å². The van der Waals surface area contributed by atoms with Crippen LogP contribution in [0.1, 0.15) is 44.9 Å². The molecule has 112 valence electrons. The highest BCUT2D eigenvalue weighted by Gasteiger charge is 2.39. The van der Waals surface area contributed by atoms with Gasteiger partial charge >= 0.3 is 0 Å². The Labute approximate surface area is 121 Å². The molecule has 5 nitrogen and oxygen atoms in total. The zero-order valence-electron chi connectivity index (χ0n) is 12.3. The van der Waals surface area contributed by atoms with Crippen LogP contribution in [-0.2, 0) is 4.79 Å². The normalized spacial score (nSPS) is 28.9. The molecule has 1 unspecified atom stereocenters. The van der Waals surface area contributed by atoms with Gasteiger partial charge in [-0.15, -0.1) is 0 Å². The zero-order chi connectivity index (χ0) is 13.9. The summed E-state index contributed by atoms with van der Waals surface area (Å²) in [4.78, 5) is 20.7. The molecule has 0 aromatic carbocycles. The van der Waals surface area contributed by atoms with E-state index in [0.717, 1.165) is 19.6 Å². The molecule has 2 heterocycles. The Hall–Kier alpha value is -1.26. The van der Waals surface area contributed by atoms with E-state index in [1.54, 1.807) is 0 Å². The highest BCUT2D eigenvalue weighted by atomic mass is 16.2. The fourth-order valence-electron chi connectivity index (χ4n) is 3.29. The number of carbonyl (C=O) groups excluding carboxylic acids is 1. The summed E-state index contributed by atoms with van der Waals surface area (Å²) >= 11 is 0. The lowest BCUT2D eigenvalue weighted by molar-refractivity contribution is -0.128. The first kappa shape index (κ1) is 13.7. The van der Waals surface area contributed by atoms with E-state index in [9.17, 15) is 4.79 Å². The van der Waals surface area contributed by atoms with Crippen LogP contribution in [0.2, 0.25) is 0 Å². The van der Waals surface area contributed by atoms with Crippen LogP contribution in [0.4, 0.5) is 0 Å². The maximum absolute atomic E-state index is 11.9. The monoisotopic (exact) mass is 278 g/mol. The van der Waals surface area contributed by atoms with Gasteiger partial charge < -0.3 is 15.5 Å². The van der Waals surface area contributed by atoms with Gasteiger partial charge in [-0.1, -0.05) is 12.8 Å². The Balaban J connectivity index is 1.50. The molecule has 5 heteroatoms. The fraction of sp³-hybridized carbons (Fsp3) is 0.867. The van der Waals surface area contributed by atoms with Crippen LogP contribution in [0.5, 0.6) is 0 Å². The lowest BCUT2D eigenvalue weighted by Gasteiger charge is -2.21. The number of aliphatic imine (C=N–C) groups is 1. The molecular weight excluding hydrogens is 252 g/mol. The van der Waals surface area contributed by atoms with Gasteiger partial charge in [0.05, 0.1) is 0 Å². The summed E-state index contributed by atoms with van der Waals surface area (Å²) in [7, 11) is 0. The van der Waals surface area contributed by atoms with Crippen molar-refractivity contribution in [2.24, 2.45) is 16.6 Å². The molecule has 0 aromatic heterocycles. The van der Waals surface area contributed by atoms with Gasteiger partial charge in [0, 0.05) is 44.6 Å². The van der Waals surface area contributed by atoms with Crippen molar-refractivity contribution in [2.45, 2.75) is 51.0 Å². The number of hydrogen-bond acceptors (Lipinski definition) is 2. The summed E-state index contributed by atoms with van der Waals surface area (Å²) in [5, 5.41) is 0. The van der Waals surface area contributed by atoms with Gasteiger partial charge in [0.1, 0.15) is 0 Å². The van der Waals surface area contributed by atoms with Crippen LogP contribution in [0.15, 0.2) is 4.99 Å². The average molecular weight is 278 g/mol. The number of rotatable bonds is 3.